The van der Waals surface area contributed by atoms with E-state index in [4.69, 9.17) is 9.47 Å². The molecule has 2 aromatic carbocycles. The van der Waals surface area contributed by atoms with Crippen molar-refractivity contribution >= 4 is 23.4 Å². The predicted molar refractivity (Wildman–Crippen MR) is 109 cm³/mol. The largest absolute Gasteiger partial charge is 0.504 e. The zero-order chi connectivity index (χ0) is 19.9. The lowest BCUT2D eigenvalue weighted by molar-refractivity contribution is 0.104. The molecule has 0 saturated carbocycles. The molecule has 0 aliphatic carbocycles. The van der Waals surface area contributed by atoms with Crippen LogP contribution < -0.4 is 14.8 Å². The Hall–Kier alpha value is -3.80. The summed E-state index contributed by atoms with van der Waals surface area (Å²) in [6, 6.07) is 15.7. The van der Waals surface area contributed by atoms with E-state index >= 15 is 0 Å². The van der Waals surface area contributed by atoms with Gasteiger partial charge in [0.1, 0.15) is 11.6 Å². The summed E-state index contributed by atoms with van der Waals surface area (Å²) in [4.78, 5) is 16.9. The van der Waals surface area contributed by atoms with Gasteiger partial charge in [0.25, 0.3) is 0 Å². The Morgan fingerprint density at radius 3 is 2.54 bits per heavy atom. The number of pyridine rings is 1. The van der Waals surface area contributed by atoms with Crippen molar-refractivity contribution in [2.75, 3.05) is 19.5 Å². The van der Waals surface area contributed by atoms with Gasteiger partial charge in [-0.3, -0.25) is 4.79 Å². The number of rotatable bonds is 7. The van der Waals surface area contributed by atoms with E-state index < -0.39 is 0 Å². The molecule has 0 unspecified atom stereocenters. The van der Waals surface area contributed by atoms with Crippen LogP contribution in [-0.2, 0) is 0 Å². The fourth-order valence-electron chi connectivity index (χ4n) is 2.59. The maximum absolute atomic E-state index is 12.7. The van der Waals surface area contributed by atoms with Gasteiger partial charge in [0.2, 0.25) is 0 Å². The third-order valence-electron chi connectivity index (χ3n) is 4.06. The average Bonchev–Trinajstić information content (AvgIpc) is 2.73. The van der Waals surface area contributed by atoms with Crippen molar-refractivity contribution in [2.24, 2.45) is 0 Å². The number of hydrogen-bond donors (Lipinski definition) is 2. The molecular formula is C22H20N2O4. The first-order valence-corrected chi connectivity index (χ1v) is 8.56. The lowest BCUT2D eigenvalue weighted by atomic mass is 10.1. The van der Waals surface area contributed by atoms with E-state index in [0.717, 1.165) is 11.4 Å². The van der Waals surface area contributed by atoms with E-state index in [-0.39, 0.29) is 11.5 Å². The second-order valence-corrected chi connectivity index (χ2v) is 5.88. The second-order valence-electron chi connectivity index (χ2n) is 5.88. The molecule has 2 N–H and O–H groups in total. The maximum Gasteiger partial charge on any atom is 0.189 e. The van der Waals surface area contributed by atoms with Crippen LogP contribution in [0.2, 0.25) is 0 Å². The minimum atomic E-state index is -0.209. The topological polar surface area (TPSA) is 80.7 Å². The van der Waals surface area contributed by atoms with E-state index in [2.05, 4.69) is 10.3 Å². The average molecular weight is 376 g/mol. The van der Waals surface area contributed by atoms with Crippen LogP contribution in [0.4, 0.5) is 11.5 Å². The second kappa shape index (κ2) is 8.73. The maximum atomic E-state index is 12.7. The van der Waals surface area contributed by atoms with E-state index in [9.17, 15) is 9.90 Å². The Kier molecular flexibility index (Phi) is 5.91. The minimum absolute atomic E-state index is 0.0142. The Morgan fingerprint density at radius 1 is 1.07 bits per heavy atom. The third-order valence-corrected chi connectivity index (χ3v) is 4.06. The highest BCUT2D eigenvalue weighted by Gasteiger charge is 2.10. The molecule has 0 radical (unpaired) electrons. The molecule has 3 aromatic rings. The van der Waals surface area contributed by atoms with Gasteiger partial charge in [-0.25, -0.2) is 4.98 Å². The number of phenolic OH excluding ortho intramolecular Hbond substituents is 1. The number of nitrogens with one attached hydrogen (secondary N) is 1. The molecule has 0 saturated heterocycles. The summed E-state index contributed by atoms with van der Waals surface area (Å²) in [6.45, 7) is 0. The molecule has 1 heterocycles. The molecule has 6 nitrogen and oxygen atoms in total. The van der Waals surface area contributed by atoms with Gasteiger partial charge < -0.3 is 19.9 Å². The number of carbonyl (C=O) groups excluding carboxylic acids is 1. The van der Waals surface area contributed by atoms with Crippen molar-refractivity contribution in [2.45, 2.75) is 0 Å². The molecule has 0 aliphatic heterocycles. The highest BCUT2D eigenvalue weighted by molar-refractivity contribution is 6.10. The standard InChI is InChI=1S/C22H20N2O4/c1-27-17-9-7-16(8-10-17)24-22-18(4-3-13-23-22)19(25)11-5-15-6-12-21(28-2)20(26)14-15/h3-14,26H,1-2H3,(H,23,24). The highest BCUT2D eigenvalue weighted by Crippen LogP contribution is 2.27. The summed E-state index contributed by atoms with van der Waals surface area (Å²) in [7, 11) is 3.08. The molecule has 0 spiro atoms. The number of hydrogen-bond acceptors (Lipinski definition) is 6. The number of benzene rings is 2. The number of ketones is 1. The van der Waals surface area contributed by atoms with Gasteiger partial charge in [-0.1, -0.05) is 12.1 Å². The number of allylic oxidation sites excluding steroid dienone is 1. The number of aromatic hydroxyl groups is 1. The van der Waals surface area contributed by atoms with Crippen LogP contribution in [0.3, 0.4) is 0 Å². The SMILES string of the molecule is COc1ccc(Nc2ncccc2C(=O)C=Cc2ccc(OC)c(O)c2)cc1. The van der Waals surface area contributed by atoms with Gasteiger partial charge in [0.15, 0.2) is 17.3 Å². The van der Waals surface area contributed by atoms with Gasteiger partial charge in [-0.15, -0.1) is 0 Å². The Labute approximate surface area is 163 Å². The molecule has 0 amide bonds. The van der Waals surface area contributed by atoms with Crippen molar-refractivity contribution in [3.05, 3.63) is 78.0 Å². The number of anilines is 2. The van der Waals surface area contributed by atoms with E-state index in [1.165, 1.54) is 19.3 Å². The molecule has 0 atom stereocenters. The van der Waals surface area contributed by atoms with E-state index in [1.54, 1.807) is 43.6 Å². The number of aromatic nitrogens is 1. The molecule has 6 heteroatoms. The monoisotopic (exact) mass is 376 g/mol. The lowest BCUT2D eigenvalue weighted by Crippen LogP contribution is -2.03. The van der Waals surface area contributed by atoms with Gasteiger partial charge in [-0.2, -0.15) is 0 Å². The van der Waals surface area contributed by atoms with Crippen LogP contribution in [0.25, 0.3) is 6.08 Å². The Morgan fingerprint density at radius 2 is 1.86 bits per heavy atom. The number of carbonyl (C=O) groups is 1. The summed E-state index contributed by atoms with van der Waals surface area (Å²) < 4.78 is 10.2. The van der Waals surface area contributed by atoms with Crippen molar-refractivity contribution in [1.82, 2.24) is 4.98 Å². The predicted octanol–water partition coefficient (Wildman–Crippen LogP) is 4.44. The van der Waals surface area contributed by atoms with Crippen molar-refractivity contribution < 1.29 is 19.4 Å². The Balaban J connectivity index is 1.79. The number of methoxy groups -OCH3 is 2. The van der Waals surface area contributed by atoms with E-state index in [1.807, 2.05) is 24.3 Å². The van der Waals surface area contributed by atoms with Crippen molar-refractivity contribution in [3.63, 3.8) is 0 Å². The quantitative estimate of drug-likeness (QED) is 0.469. The van der Waals surface area contributed by atoms with E-state index in [0.29, 0.717) is 22.7 Å². The molecule has 0 aliphatic rings. The summed E-state index contributed by atoms with van der Waals surface area (Å²) in [5.41, 5.74) is 1.91. The first-order chi connectivity index (χ1) is 13.6. The third kappa shape index (κ3) is 4.48. The molecule has 1 aromatic heterocycles. The van der Waals surface area contributed by atoms with Crippen LogP contribution >= 0.6 is 0 Å². The number of phenols is 1. The summed E-state index contributed by atoms with van der Waals surface area (Å²) in [6.07, 6.45) is 4.69. The fourth-order valence-corrected chi connectivity index (χ4v) is 2.59. The van der Waals surface area contributed by atoms with Gasteiger partial charge >= 0.3 is 0 Å². The van der Waals surface area contributed by atoms with Crippen LogP contribution in [-0.4, -0.2) is 30.1 Å². The van der Waals surface area contributed by atoms with Gasteiger partial charge in [0, 0.05) is 11.9 Å². The summed E-state index contributed by atoms with van der Waals surface area (Å²) in [5.74, 6) is 1.38. The molecular weight excluding hydrogens is 356 g/mol. The highest BCUT2D eigenvalue weighted by atomic mass is 16.5. The molecule has 3 rings (SSSR count). The van der Waals surface area contributed by atoms with Crippen molar-refractivity contribution in [3.8, 4) is 17.2 Å². The zero-order valence-electron chi connectivity index (χ0n) is 15.5. The molecule has 28 heavy (non-hydrogen) atoms. The number of nitrogens with zero attached hydrogens (tertiary/aromatic N) is 1. The summed E-state index contributed by atoms with van der Waals surface area (Å²) >= 11 is 0. The smallest absolute Gasteiger partial charge is 0.189 e. The number of ether oxygens (including phenoxy) is 2. The Bertz CT molecular complexity index is 998. The summed E-state index contributed by atoms with van der Waals surface area (Å²) in [5, 5.41) is 13.0. The van der Waals surface area contributed by atoms with Crippen LogP contribution in [0.15, 0.2) is 66.9 Å². The van der Waals surface area contributed by atoms with Gasteiger partial charge in [0.05, 0.1) is 19.8 Å². The first kappa shape index (κ1) is 19.0. The lowest BCUT2D eigenvalue weighted by Gasteiger charge is -2.09. The minimum Gasteiger partial charge on any atom is -0.504 e. The zero-order valence-corrected chi connectivity index (χ0v) is 15.5. The molecule has 0 bridgehead atoms. The van der Waals surface area contributed by atoms with Crippen LogP contribution in [0.5, 0.6) is 17.2 Å². The van der Waals surface area contributed by atoms with Gasteiger partial charge in [-0.05, 0) is 60.2 Å². The van der Waals surface area contributed by atoms with Crippen LogP contribution in [0, 0.1) is 0 Å². The first-order valence-electron chi connectivity index (χ1n) is 8.56. The van der Waals surface area contributed by atoms with Crippen LogP contribution in [0.1, 0.15) is 15.9 Å². The normalized spacial score (nSPS) is 10.6. The molecule has 142 valence electrons. The van der Waals surface area contributed by atoms with Crippen molar-refractivity contribution in [1.29, 1.82) is 0 Å². The molecule has 0 fully saturated rings. The fraction of sp³-hybridized carbons (Fsp3) is 0.0909.